The van der Waals surface area contributed by atoms with Gasteiger partial charge in [0.05, 0.1) is 13.3 Å². The third kappa shape index (κ3) is 5.09. The predicted octanol–water partition coefficient (Wildman–Crippen LogP) is 3.72. The number of anilines is 1. The van der Waals surface area contributed by atoms with E-state index in [2.05, 4.69) is 31.8 Å². The van der Waals surface area contributed by atoms with E-state index >= 15 is 0 Å². The number of nitrogens with one attached hydrogen (secondary N) is 2. The zero-order valence-corrected chi connectivity index (χ0v) is 15.4. The molecule has 0 spiro atoms. The minimum atomic E-state index is -0.409. The number of aryl methyl sites for hydroxylation is 1. The molecular formula is C18H20BrN3O2. The molecule has 5 nitrogen and oxygen atoms in total. The number of carbonyl (C=O) groups is 1. The summed E-state index contributed by atoms with van der Waals surface area (Å²) in [5, 5.41) is 7.15. The van der Waals surface area contributed by atoms with Gasteiger partial charge in [-0.1, -0.05) is 28.1 Å². The third-order valence-corrected chi connectivity index (χ3v) is 3.86. The van der Waals surface area contributed by atoms with E-state index in [4.69, 9.17) is 4.74 Å². The van der Waals surface area contributed by atoms with Crippen molar-refractivity contribution in [2.45, 2.75) is 19.9 Å². The van der Waals surface area contributed by atoms with Gasteiger partial charge in [-0.15, -0.1) is 0 Å². The Morgan fingerprint density at radius 3 is 2.79 bits per heavy atom. The highest BCUT2D eigenvalue weighted by molar-refractivity contribution is 9.10. The van der Waals surface area contributed by atoms with Gasteiger partial charge < -0.3 is 10.1 Å². The van der Waals surface area contributed by atoms with E-state index in [0.717, 1.165) is 21.3 Å². The highest BCUT2D eigenvalue weighted by Crippen LogP contribution is 2.21. The second kappa shape index (κ2) is 8.49. The van der Waals surface area contributed by atoms with Gasteiger partial charge in [0.25, 0.3) is 5.91 Å². The average molecular weight is 390 g/mol. The van der Waals surface area contributed by atoms with Gasteiger partial charge in [-0.2, -0.15) is 5.10 Å². The average Bonchev–Trinajstić information content (AvgIpc) is 2.55. The van der Waals surface area contributed by atoms with Crippen molar-refractivity contribution in [2.75, 3.05) is 12.4 Å². The van der Waals surface area contributed by atoms with E-state index in [9.17, 15) is 4.79 Å². The summed E-state index contributed by atoms with van der Waals surface area (Å²) in [6, 6.07) is 13.0. The summed E-state index contributed by atoms with van der Waals surface area (Å²) in [7, 11) is 1.59. The first kappa shape index (κ1) is 18.0. The molecule has 2 aromatic carbocycles. The Morgan fingerprint density at radius 2 is 2.08 bits per heavy atom. The van der Waals surface area contributed by atoms with E-state index in [0.29, 0.717) is 5.75 Å². The molecule has 0 heterocycles. The SMILES string of the molecule is COc1ccc(Br)cc1C=NNC(=O)[C@@H](C)Nc1cccc(C)c1. The molecule has 0 radical (unpaired) electrons. The lowest BCUT2D eigenvalue weighted by Gasteiger charge is -2.13. The van der Waals surface area contributed by atoms with E-state index < -0.39 is 6.04 Å². The number of ether oxygens (including phenoxy) is 1. The van der Waals surface area contributed by atoms with Crippen LogP contribution in [0.15, 0.2) is 52.0 Å². The number of benzene rings is 2. The molecule has 126 valence electrons. The van der Waals surface area contributed by atoms with Crippen LogP contribution in [0, 0.1) is 6.92 Å². The van der Waals surface area contributed by atoms with Gasteiger partial charge in [-0.05, 0) is 49.7 Å². The Kier molecular flexibility index (Phi) is 6.37. The van der Waals surface area contributed by atoms with Crippen molar-refractivity contribution in [3.05, 3.63) is 58.1 Å². The number of hydrazone groups is 1. The van der Waals surface area contributed by atoms with Crippen molar-refractivity contribution >= 4 is 33.7 Å². The quantitative estimate of drug-likeness (QED) is 0.584. The lowest BCUT2D eigenvalue weighted by molar-refractivity contribution is -0.121. The van der Waals surface area contributed by atoms with Crippen molar-refractivity contribution in [3.63, 3.8) is 0 Å². The highest BCUT2D eigenvalue weighted by atomic mass is 79.9. The maximum atomic E-state index is 12.1. The van der Waals surface area contributed by atoms with Crippen molar-refractivity contribution in [1.82, 2.24) is 5.43 Å². The summed E-state index contributed by atoms with van der Waals surface area (Å²) in [4.78, 5) is 12.1. The molecule has 0 aliphatic rings. The standard InChI is InChI=1S/C18H20BrN3O2/c1-12-5-4-6-16(9-12)21-13(2)18(23)22-20-11-14-10-15(19)7-8-17(14)24-3/h4-11,13,21H,1-3H3,(H,22,23)/t13-/m1/s1. The van der Waals surface area contributed by atoms with Gasteiger partial charge in [0.1, 0.15) is 11.8 Å². The molecule has 0 bridgehead atoms. The van der Waals surface area contributed by atoms with Crippen LogP contribution in [0.3, 0.4) is 0 Å². The summed E-state index contributed by atoms with van der Waals surface area (Å²) >= 11 is 3.40. The third-order valence-electron chi connectivity index (χ3n) is 3.36. The van der Waals surface area contributed by atoms with Gasteiger partial charge in [0, 0.05) is 15.7 Å². The summed E-state index contributed by atoms with van der Waals surface area (Å²) in [6.45, 7) is 3.79. The van der Waals surface area contributed by atoms with Crippen LogP contribution in [0.5, 0.6) is 5.75 Å². The Labute approximate surface area is 150 Å². The van der Waals surface area contributed by atoms with Gasteiger partial charge in [-0.3, -0.25) is 4.79 Å². The molecule has 0 saturated carbocycles. The fourth-order valence-electron chi connectivity index (χ4n) is 2.12. The Hall–Kier alpha value is -2.34. The van der Waals surface area contributed by atoms with Crippen LogP contribution < -0.4 is 15.5 Å². The maximum absolute atomic E-state index is 12.1. The van der Waals surface area contributed by atoms with Crippen molar-refractivity contribution in [2.24, 2.45) is 5.10 Å². The lowest BCUT2D eigenvalue weighted by Crippen LogP contribution is -2.34. The molecule has 2 rings (SSSR count). The number of hydrogen-bond acceptors (Lipinski definition) is 4. The Balaban J connectivity index is 1.96. The smallest absolute Gasteiger partial charge is 0.262 e. The number of amides is 1. The fourth-order valence-corrected chi connectivity index (χ4v) is 2.50. The van der Waals surface area contributed by atoms with Crippen LogP contribution in [0.2, 0.25) is 0 Å². The predicted molar refractivity (Wildman–Crippen MR) is 101 cm³/mol. The van der Waals surface area contributed by atoms with Crippen molar-refractivity contribution < 1.29 is 9.53 Å². The molecule has 0 fully saturated rings. The van der Waals surface area contributed by atoms with Crippen molar-refractivity contribution in [3.8, 4) is 5.75 Å². The second-order valence-electron chi connectivity index (χ2n) is 5.36. The molecule has 24 heavy (non-hydrogen) atoms. The van der Waals surface area contributed by atoms with Crippen LogP contribution in [-0.2, 0) is 4.79 Å². The van der Waals surface area contributed by atoms with Gasteiger partial charge >= 0.3 is 0 Å². The minimum absolute atomic E-state index is 0.221. The second-order valence-corrected chi connectivity index (χ2v) is 6.27. The van der Waals surface area contributed by atoms with E-state index in [1.54, 1.807) is 20.2 Å². The molecule has 0 aliphatic carbocycles. The first-order valence-electron chi connectivity index (χ1n) is 7.49. The zero-order valence-electron chi connectivity index (χ0n) is 13.8. The molecule has 0 aliphatic heterocycles. The van der Waals surface area contributed by atoms with Crippen LogP contribution in [0.1, 0.15) is 18.1 Å². The minimum Gasteiger partial charge on any atom is -0.496 e. The number of halogens is 1. The van der Waals surface area contributed by atoms with Crippen LogP contribution in [-0.4, -0.2) is 25.3 Å². The zero-order chi connectivity index (χ0) is 17.5. The number of rotatable bonds is 6. The van der Waals surface area contributed by atoms with Crippen LogP contribution >= 0.6 is 15.9 Å². The normalized spacial score (nSPS) is 12.0. The molecular weight excluding hydrogens is 370 g/mol. The van der Waals surface area contributed by atoms with Crippen LogP contribution in [0.4, 0.5) is 5.69 Å². The maximum Gasteiger partial charge on any atom is 0.262 e. The number of nitrogens with zero attached hydrogens (tertiary/aromatic N) is 1. The van der Waals surface area contributed by atoms with E-state index in [1.165, 1.54) is 0 Å². The summed E-state index contributed by atoms with van der Waals surface area (Å²) in [5.74, 6) is 0.462. The fraction of sp³-hybridized carbons (Fsp3) is 0.222. The lowest BCUT2D eigenvalue weighted by atomic mass is 10.2. The molecule has 1 amide bonds. The van der Waals surface area contributed by atoms with E-state index in [1.807, 2.05) is 49.4 Å². The van der Waals surface area contributed by atoms with E-state index in [-0.39, 0.29) is 5.91 Å². The molecule has 0 unspecified atom stereocenters. The number of hydrogen-bond donors (Lipinski definition) is 2. The number of carbonyl (C=O) groups excluding carboxylic acids is 1. The topological polar surface area (TPSA) is 62.7 Å². The first-order valence-corrected chi connectivity index (χ1v) is 8.28. The van der Waals surface area contributed by atoms with Gasteiger partial charge in [-0.25, -0.2) is 5.43 Å². The molecule has 6 heteroatoms. The number of methoxy groups -OCH3 is 1. The molecule has 2 N–H and O–H groups in total. The molecule has 2 aromatic rings. The Bertz CT molecular complexity index is 747. The monoisotopic (exact) mass is 389 g/mol. The first-order chi connectivity index (χ1) is 11.5. The summed E-state index contributed by atoms with van der Waals surface area (Å²) in [5.41, 5.74) is 5.33. The van der Waals surface area contributed by atoms with Crippen LogP contribution in [0.25, 0.3) is 0 Å². The van der Waals surface area contributed by atoms with Crippen molar-refractivity contribution in [1.29, 1.82) is 0 Å². The van der Waals surface area contributed by atoms with Gasteiger partial charge in [0.2, 0.25) is 0 Å². The molecule has 1 atom stereocenters. The molecule has 0 aromatic heterocycles. The Morgan fingerprint density at radius 1 is 1.29 bits per heavy atom. The van der Waals surface area contributed by atoms with Gasteiger partial charge in [0.15, 0.2) is 0 Å². The highest BCUT2D eigenvalue weighted by Gasteiger charge is 2.11. The molecule has 0 saturated heterocycles. The summed E-state index contributed by atoms with van der Waals surface area (Å²) < 4.78 is 6.17. The summed E-state index contributed by atoms with van der Waals surface area (Å²) in [6.07, 6.45) is 1.56. The largest absolute Gasteiger partial charge is 0.496 e.